The summed E-state index contributed by atoms with van der Waals surface area (Å²) in [6.07, 6.45) is 0. The number of nitro benzene ring substituents is 1. The fraction of sp³-hybridized carbons (Fsp3) is 0.167. The average molecular weight is 429 g/mol. The summed E-state index contributed by atoms with van der Waals surface area (Å²) < 4.78 is 0. The number of nitro groups is 1. The number of anilines is 2. The van der Waals surface area contributed by atoms with Gasteiger partial charge in [-0.25, -0.2) is 4.90 Å². The Bertz CT molecular complexity index is 1090. The van der Waals surface area contributed by atoms with E-state index in [0.717, 1.165) is 9.91 Å². The van der Waals surface area contributed by atoms with Crippen LogP contribution in [0.15, 0.2) is 58.9 Å². The van der Waals surface area contributed by atoms with Crippen LogP contribution in [0.3, 0.4) is 0 Å². The molecular weight excluding hydrogens is 416 g/mol. The van der Waals surface area contributed by atoms with E-state index < -0.39 is 41.3 Å². The van der Waals surface area contributed by atoms with E-state index in [-0.39, 0.29) is 11.4 Å². The number of carbonyl (C=O) groups excluding carboxylic acids is 3. The lowest BCUT2D eigenvalue weighted by Crippen LogP contribution is -2.43. The van der Waals surface area contributed by atoms with Crippen LogP contribution in [0.5, 0.6) is 0 Å². The van der Waals surface area contributed by atoms with Crippen LogP contribution in [-0.2, 0) is 14.4 Å². The van der Waals surface area contributed by atoms with Crippen molar-refractivity contribution in [3.63, 3.8) is 0 Å². The monoisotopic (exact) mass is 428 g/mol. The smallest absolute Gasteiger partial charge is 0.292 e. The lowest BCUT2D eigenvalue weighted by atomic mass is 10.1. The summed E-state index contributed by atoms with van der Waals surface area (Å²) in [6, 6.07) is 9.68. The molecule has 2 aliphatic heterocycles. The summed E-state index contributed by atoms with van der Waals surface area (Å²) in [4.78, 5) is 49.4. The third-order valence-corrected chi connectivity index (χ3v) is 4.88. The molecule has 152 valence electrons. The highest BCUT2D eigenvalue weighted by atomic mass is 35.5. The molecule has 12 heteroatoms. The number of carbonyl (C=O) groups is 3. The molecule has 0 radical (unpaired) electrons. The Labute approximate surface area is 174 Å². The summed E-state index contributed by atoms with van der Waals surface area (Å²) in [7, 11) is 0. The maximum Gasteiger partial charge on any atom is 0.292 e. The molecule has 0 saturated carbocycles. The third-order valence-electron chi connectivity index (χ3n) is 4.62. The zero-order chi connectivity index (χ0) is 21.4. The molecule has 3 amide bonds. The second-order valence-electron chi connectivity index (χ2n) is 6.50. The van der Waals surface area contributed by atoms with E-state index >= 15 is 0 Å². The number of fused-ring (bicyclic) bond motifs is 1. The zero-order valence-corrected chi connectivity index (χ0v) is 15.9. The Morgan fingerprint density at radius 3 is 2.53 bits per heavy atom. The van der Waals surface area contributed by atoms with Crippen molar-refractivity contribution >= 4 is 46.4 Å². The summed E-state index contributed by atoms with van der Waals surface area (Å²) in [5.41, 5.74) is 0.0768. The lowest BCUT2D eigenvalue weighted by molar-refractivity contribution is -0.383. The van der Waals surface area contributed by atoms with Crippen molar-refractivity contribution in [3.8, 4) is 0 Å². The van der Waals surface area contributed by atoms with Crippen LogP contribution in [-0.4, -0.2) is 46.3 Å². The molecule has 2 aliphatic rings. The largest absolute Gasteiger partial charge is 0.319 e. The molecule has 2 atom stereocenters. The molecule has 30 heavy (non-hydrogen) atoms. The van der Waals surface area contributed by atoms with Crippen molar-refractivity contribution in [2.75, 3.05) is 16.8 Å². The molecular formula is C18H13ClN6O5. The number of para-hydroxylation sites is 2. The fourth-order valence-electron chi connectivity index (χ4n) is 3.27. The molecule has 11 nitrogen and oxygen atoms in total. The number of nitrogens with one attached hydrogen (secondary N) is 1. The molecule has 2 aromatic carbocycles. The third kappa shape index (κ3) is 3.35. The second kappa shape index (κ2) is 7.52. The van der Waals surface area contributed by atoms with Crippen LogP contribution in [0.4, 0.5) is 17.1 Å². The van der Waals surface area contributed by atoms with Gasteiger partial charge in [0.15, 0.2) is 12.1 Å². The quantitative estimate of drug-likeness (QED) is 0.440. The van der Waals surface area contributed by atoms with E-state index in [1.807, 2.05) is 0 Å². The van der Waals surface area contributed by atoms with Crippen molar-refractivity contribution in [1.82, 2.24) is 5.01 Å². The topological polar surface area (TPSA) is 138 Å². The first kappa shape index (κ1) is 19.5. The van der Waals surface area contributed by atoms with Crippen molar-refractivity contribution in [2.24, 2.45) is 10.3 Å². The predicted molar refractivity (Wildman–Crippen MR) is 105 cm³/mol. The van der Waals surface area contributed by atoms with E-state index in [1.165, 1.54) is 36.4 Å². The molecule has 4 rings (SSSR count). The minimum Gasteiger partial charge on any atom is -0.319 e. The van der Waals surface area contributed by atoms with Crippen LogP contribution >= 0.6 is 11.6 Å². The van der Waals surface area contributed by atoms with Crippen molar-refractivity contribution in [1.29, 1.82) is 0 Å². The Morgan fingerprint density at radius 2 is 1.83 bits per heavy atom. The number of hydrogen-bond acceptors (Lipinski definition) is 8. The van der Waals surface area contributed by atoms with Crippen molar-refractivity contribution in [3.05, 3.63) is 63.7 Å². The molecule has 0 spiro atoms. The fourth-order valence-corrected chi connectivity index (χ4v) is 3.40. The minimum atomic E-state index is -1.07. The Morgan fingerprint density at radius 1 is 1.13 bits per heavy atom. The van der Waals surface area contributed by atoms with E-state index in [2.05, 4.69) is 15.7 Å². The highest BCUT2D eigenvalue weighted by Gasteiger charge is 2.55. The van der Waals surface area contributed by atoms with Crippen molar-refractivity contribution < 1.29 is 19.3 Å². The highest BCUT2D eigenvalue weighted by molar-refractivity contribution is 6.31. The van der Waals surface area contributed by atoms with Gasteiger partial charge in [-0.15, -0.1) is 0 Å². The summed E-state index contributed by atoms with van der Waals surface area (Å²) in [6.45, 7) is -0.413. The van der Waals surface area contributed by atoms with Crippen LogP contribution in [0, 0.1) is 10.1 Å². The molecule has 2 heterocycles. The van der Waals surface area contributed by atoms with Gasteiger partial charge in [-0.1, -0.05) is 29.0 Å². The highest BCUT2D eigenvalue weighted by Crippen LogP contribution is 2.32. The Balaban J connectivity index is 1.50. The Kier molecular flexibility index (Phi) is 4.88. The second-order valence-corrected chi connectivity index (χ2v) is 6.94. The first-order valence-corrected chi connectivity index (χ1v) is 9.08. The van der Waals surface area contributed by atoms with E-state index in [9.17, 15) is 24.5 Å². The number of amides is 3. The molecule has 0 aromatic heterocycles. The van der Waals surface area contributed by atoms with E-state index in [4.69, 9.17) is 11.6 Å². The molecule has 0 bridgehead atoms. The summed E-state index contributed by atoms with van der Waals surface area (Å²) in [5, 5.41) is 22.7. The minimum absolute atomic E-state index is 0.0109. The van der Waals surface area contributed by atoms with Gasteiger partial charge in [-0.2, -0.15) is 5.11 Å². The maximum absolute atomic E-state index is 12.9. The van der Waals surface area contributed by atoms with Crippen LogP contribution in [0.2, 0.25) is 5.02 Å². The van der Waals surface area contributed by atoms with E-state index in [1.54, 1.807) is 12.1 Å². The van der Waals surface area contributed by atoms with Gasteiger partial charge in [0, 0.05) is 11.1 Å². The Hall–Kier alpha value is -3.86. The normalized spacial score (nSPS) is 19.9. The van der Waals surface area contributed by atoms with Gasteiger partial charge < -0.3 is 5.32 Å². The number of nitrogens with zero attached hydrogens (tertiary/aromatic N) is 5. The number of imide groups is 1. The standard InChI is InChI=1S/C18H13ClN6O5/c19-10-5-7-11(8-6-10)24-17(27)15-16(18(24)28)23(22-21-15)9-14(26)20-12-3-1-2-4-13(12)25(29)30/h1-8,15-16H,9H2,(H,20,26). The predicted octanol–water partition coefficient (Wildman–Crippen LogP) is 2.18. The van der Waals surface area contributed by atoms with Gasteiger partial charge in [-0.3, -0.25) is 29.5 Å². The molecule has 2 aromatic rings. The van der Waals surface area contributed by atoms with Gasteiger partial charge >= 0.3 is 0 Å². The number of rotatable bonds is 5. The van der Waals surface area contributed by atoms with Gasteiger partial charge in [0.25, 0.3) is 17.5 Å². The van der Waals surface area contributed by atoms with Crippen LogP contribution in [0.25, 0.3) is 0 Å². The molecule has 1 N–H and O–H groups in total. The van der Waals surface area contributed by atoms with Gasteiger partial charge in [0.05, 0.1) is 10.6 Å². The summed E-state index contributed by atoms with van der Waals surface area (Å²) >= 11 is 5.85. The van der Waals surface area contributed by atoms with Crippen molar-refractivity contribution in [2.45, 2.75) is 12.1 Å². The van der Waals surface area contributed by atoms with Crippen LogP contribution < -0.4 is 10.2 Å². The maximum atomic E-state index is 12.9. The molecule has 1 fully saturated rings. The lowest BCUT2D eigenvalue weighted by Gasteiger charge is -2.20. The summed E-state index contributed by atoms with van der Waals surface area (Å²) in [5.74, 6) is -1.78. The van der Waals surface area contributed by atoms with Gasteiger partial charge in [-0.05, 0) is 30.3 Å². The molecule has 1 saturated heterocycles. The number of halogens is 1. The van der Waals surface area contributed by atoms with E-state index in [0.29, 0.717) is 10.7 Å². The number of benzene rings is 2. The number of hydrogen-bond donors (Lipinski definition) is 1. The zero-order valence-electron chi connectivity index (χ0n) is 15.1. The van der Waals surface area contributed by atoms with Gasteiger partial charge in [0.2, 0.25) is 5.91 Å². The first-order chi connectivity index (χ1) is 14.4. The van der Waals surface area contributed by atoms with Gasteiger partial charge in [0.1, 0.15) is 12.2 Å². The molecule has 2 unspecified atom stereocenters. The average Bonchev–Trinajstić information content (AvgIpc) is 3.23. The first-order valence-electron chi connectivity index (χ1n) is 8.71. The molecule has 0 aliphatic carbocycles. The SMILES string of the molecule is O=C(CN1N=NC2C(=O)N(c3ccc(Cl)cc3)C(=O)C21)Nc1ccccc1[N+](=O)[O-]. The van der Waals surface area contributed by atoms with Crippen LogP contribution in [0.1, 0.15) is 0 Å².